The van der Waals surface area contributed by atoms with E-state index in [1.807, 2.05) is 12.1 Å². The molecule has 0 spiro atoms. The Morgan fingerprint density at radius 2 is 1.03 bits per heavy atom. The molecule has 5 heteroatoms. The van der Waals surface area contributed by atoms with Gasteiger partial charge in [-0.3, -0.25) is 0 Å². The van der Waals surface area contributed by atoms with Crippen LogP contribution in [-0.4, -0.2) is 13.0 Å². The molecule has 35 heavy (non-hydrogen) atoms. The first-order chi connectivity index (χ1) is 16.5. The number of benzene rings is 2. The van der Waals surface area contributed by atoms with E-state index in [-0.39, 0.29) is 34.5 Å². The summed E-state index contributed by atoms with van der Waals surface area (Å²) in [7, 11) is -4.50. The van der Waals surface area contributed by atoms with Gasteiger partial charge < -0.3 is 4.55 Å². The minimum absolute atomic E-state index is 0. The van der Waals surface area contributed by atoms with Crippen molar-refractivity contribution in [2.24, 2.45) is 0 Å². The van der Waals surface area contributed by atoms with Gasteiger partial charge in [0.25, 0.3) is 0 Å². The van der Waals surface area contributed by atoms with Crippen molar-refractivity contribution in [2.45, 2.75) is 134 Å². The van der Waals surface area contributed by atoms with Gasteiger partial charge in [0.15, 0.2) is 0 Å². The van der Waals surface area contributed by atoms with Gasteiger partial charge in [0.1, 0.15) is 10.1 Å². The topological polar surface area (TPSA) is 57.2 Å². The normalized spacial score (nSPS) is 11.6. The van der Waals surface area contributed by atoms with Gasteiger partial charge in [-0.1, -0.05) is 128 Å². The summed E-state index contributed by atoms with van der Waals surface area (Å²) >= 11 is 0. The van der Waals surface area contributed by atoms with Gasteiger partial charge in [0.05, 0.1) is 4.90 Å². The molecule has 0 fully saturated rings. The van der Waals surface area contributed by atoms with Crippen LogP contribution in [0.4, 0.5) is 0 Å². The first kappa shape index (κ1) is 32.6. The third-order valence-electron chi connectivity index (χ3n) is 6.95. The molecule has 2 aromatic rings. The molecule has 3 nitrogen and oxygen atoms in total. The van der Waals surface area contributed by atoms with Crippen molar-refractivity contribution in [1.29, 1.82) is 0 Å². The molecule has 0 radical (unpaired) electrons. The van der Waals surface area contributed by atoms with Crippen molar-refractivity contribution >= 4 is 20.9 Å². The maximum absolute atomic E-state index is 12.0. The second-order valence-corrected chi connectivity index (χ2v) is 11.4. The molecule has 0 aliphatic heterocycles. The summed E-state index contributed by atoms with van der Waals surface area (Å²) in [5.74, 6) is 0. The van der Waals surface area contributed by atoms with Crippen LogP contribution in [0.3, 0.4) is 0 Å². The molecule has 2 rings (SSSR count). The van der Waals surface area contributed by atoms with Crippen LogP contribution in [0.1, 0.15) is 128 Å². The van der Waals surface area contributed by atoms with E-state index in [4.69, 9.17) is 0 Å². The molecule has 0 N–H and O–H groups in total. The molecule has 0 saturated heterocycles. The van der Waals surface area contributed by atoms with E-state index in [1.54, 1.807) is 6.07 Å². The fourth-order valence-electron chi connectivity index (χ4n) is 4.88. The minimum atomic E-state index is -4.50. The maximum Gasteiger partial charge on any atom is 1.00 e. The van der Waals surface area contributed by atoms with E-state index in [0.717, 1.165) is 43.1 Å². The Morgan fingerprint density at radius 3 is 1.51 bits per heavy atom. The summed E-state index contributed by atoms with van der Waals surface area (Å²) in [4.78, 5) is -0.0572. The molecule has 0 bridgehead atoms. The number of hydrogen-bond donors (Lipinski definition) is 0. The van der Waals surface area contributed by atoms with Crippen LogP contribution in [-0.2, 0) is 23.0 Å². The van der Waals surface area contributed by atoms with Crippen molar-refractivity contribution in [3.63, 3.8) is 0 Å². The molecular weight excluding hydrogens is 463 g/mol. The Balaban J connectivity index is 0.00000612. The molecule has 192 valence electrons. The SMILES string of the molecule is CCCCCCCCCCc1ccc2c(S(=O)(=O)[O-])cc(CCCCCCCCCC)cc2c1.[Na+]. The summed E-state index contributed by atoms with van der Waals surface area (Å²) in [6, 6.07) is 9.64. The van der Waals surface area contributed by atoms with E-state index >= 15 is 0 Å². The van der Waals surface area contributed by atoms with Crippen LogP contribution in [0, 0.1) is 0 Å². The van der Waals surface area contributed by atoms with E-state index in [2.05, 4.69) is 26.0 Å². The molecule has 0 heterocycles. The molecule has 0 unspecified atom stereocenters. The van der Waals surface area contributed by atoms with Gasteiger partial charge >= 0.3 is 29.6 Å². The number of aryl methyl sites for hydroxylation is 2. The summed E-state index contributed by atoms with van der Waals surface area (Å²) < 4.78 is 35.9. The quantitative estimate of drug-likeness (QED) is 0.130. The Bertz CT molecular complexity index is 935. The summed E-state index contributed by atoms with van der Waals surface area (Å²) in [6.45, 7) is 4.48. The summed E-state index contributed by atoms with van der Waals surface area (Å²) in [6.07, 6.45) is 22.1. The van der Waals surface area contributed by atoms with Crippen molar-refractivity contribution in [3.8, 4) is 0 Å². The molecule has 0 saturated carbocycles. The second-order valence-electron chi connectivity index (χ2n) is 10.1. The van der Waals surface area contributed by atoms with E-state index in [0.29, 0.717) is 5.39 Å². The molecule has 0 aromatic heterocycles. The van der Waals surface area contributed by atoms with Crippen molar-refractivity contribution < 1.29 is 42.5 Å². The van der Waals surface area contributed by atoms with Gasteiger partial charge in [-0.05, 0) is 53.6 Å². The standard InChI is InChI=1S/C30H48O3S.Na/c1-3-5-7-9-11-13-15-17-19-26-21-22-29-28(23-26)24-27(25-30(29)34(31,32)33)20-18-16-14-12-10-8-6-4-2;/h21-25H,3-20H2,1-2H3,(H,31,32,33);/q;+1/p-1. The van der Waals surface area contributed by atoms with Crippen LogP contribution in [0.25, 0.3) is 10.8 Å². The molecule has 0 aliphatic carbocycles. The first-order valence-electron chi connectivity index (χ1n) is 14.0. The van der Waals surface area contributed by atoms with Crippen LogP contribution < -0.4 is 29.6 Å². The third-order valence-corrected chi connectivity index (χ3v) is 7.82. The van der Waals surface area contributed by atoms with Crippen LogP contribution in [0.15, 0.2) is 35.2 Å². The zero-order chi connectivity index (χ0) is 24.7. The summed E-state index contributed by atoms with van der Waals surface area (Å²) in [5.41, 5.74) is 2.20. The Hall–Kier alpha value is -0.390. The largest absolute Gasteiger partial charge is 1.00 e. The minimum Gasteiger partial charge on any atom is -0.744 e. The number of rotatable bonds is 19. The van der Waals surface area contributed by atoms with Crippen molar-refractivity contribution in [2.75, 3.05) is 0 Å². The van der Waals surface area contributed by atoms with E-state index < -0.39 is 10.1 Å². The van der Waals surface area contributed by atoms with Gasteiger partial charge in [-0.25, -0.2) is 8.42 Å². The maximum atomic E-state index is 12.0. The zero-order valence-corrected chi connectivity index (χ0v) is 25.6. The Morgan fingerprint density at radius 1 is 0.600 bits per heavy atom. The Kier molecular flexibility index (Phi) is 17.5. The predicted molar refractivity (Wildman–Crippen MR) is 145 cm³/mol. The number of hydrogen-bond acceptors (Lipinski definition) is 3. The van der Waals surface area contributed by atoms with Gasteiger partial charge in [0, 0.05) is 0 Å². The third kappa shape index (κ3) is 13.1. The van der Waals surface area contributed by atoms with Gasteiger partial charge in [0.2, 0.25) is 0 Å². The molecular formula is C30H47NaO3S. The van der Waals surface area contributed by atoms with E-state index in [1.165, 1.54) is 89.0 Å². The van der Waals surface area contributed by atoms with Crippen LogP contribution >= 0.6 is 0 Å². The fraction of sp³-hybridized carbons (Fsp3) is 0.667. The average molecular weight is 511 g/mol. The van der Waals surface area contributed by atoms with Crippen LogP contribution in [0.2, 0.25) is 0 Å². The molecule has 0 aliphatic rings. The Labute approximate surface area is 237 Å². The molecule has 2 aromatic carbocycles. The molecule has 0 atom stereocenters. The van der Waals surface area contributed by atoms with E-state index in [9.17, 15) is 13.0 Å². The van der Waals surface area contributed by atoms with Crippen molar-refractivity contribution in [1.82, 2.24) is 0 Å². The first-order valence-corrected chi connectivity index (χ1v) is 15.4. The smallest absolute Gasteiger partial charge is 0.744 e. The van der Waals surface area contributed by atoms with Crippen molar-refractivity contribution in [3.05, 3.63) is 41.5 Å². The van der Waals surface area contributed by atoms with Gasteiger partial charge in [-0.15, -0.1) is 0 Å². The number of unbranched alkanes of at least 4 members (excludes halogenated alkanes) is 14. The summed E-state index contributed by atoms with van der Waals surface area (Å²) in [5, 5.41) is 1.46. The second kappa shape index (κ2) is 18.8. The monoisotopic (exact) mass is 510 g/mol. The fourth-order valence-corrected chi connectivity index (χ4v) is 5.63. The van der Waals surface area contributed by atoms with Crippen LogP contribution in [0.5, 0.6) is 0 Å². The predicted octanol–water partition coefficient (Wildman–Crippen LogP) is 6.11. The zero-order valence-electron chi connectivity index (χ0n) is 22.7. The molecule has 0 amide bonds. The van der Waals surface area contributed by atoms with Gasteiger partial charge in [-0.2, -0.15) is 0 Å². The average Bonchev–Trinajstić information content (AvgIpc) is 2.81. The number of fused-ring (bicyclic) bond motifs is 1.